The zero-order chi connectivity index (χ0) is 8.63. The highest BCUT2D eigenvalue weighted by atomic mass is 16.5. The van der Waals surface area contributed by atoms with Crippen molar-refractivity contribution in [1.82, 2.24) is 5.32 Å². The van der Waals surface area contributed by atoms with Gasteiger partial charge in [-0.2, -0.15) is 0 Å². The van der Waals surface area contributed by atoms with E-state index in [-0.39, 0.29) is 0 Å². The van der Waals surface area contributed by atoms with E-state index < -0.39 is 0 Å². The van der Waals surface area contributed by atoms with Gasteiger partial charge in [-0.1, -0.05) is 0 Å². The van der Waals surface area contributed by atoms with Crippen molar-refractivity contribution in [2.45, 2.75) is 43.4 Å². The smallest absolute Gasteiger partial charge is 0.0771 e. The van der Waals surface area contributed by atoms with Crippen LogP contribution in [0, 0.1) is 17.8 Å². The molecular weight excluding hydrogens is 162 g/mol. The number of ether oxygens (including phenoxy) is 1. The van der Waals surface area contributed by atoms with Crippen molar-refractivity contribution in [2.75, 3.05) is 7.05 Å². The Hall–Kier alpha value is -0.0800. The molecule has 5 aliphatic rings. The van der Waals surface area contributed by atoms with E-state index >= 15 is 0 Å². The van der Waals surface area contributed by atoms with E-state index in [1.807, 2.05) is 0 Å². The van der Waals surface area contributed by atoms with E-state index in [1.54, 1.807) is 0 Å². The molecule has 0 aromatic heterocycles. The van der Waals surface area contributed by atoms with Crippen molar-refractivity contribution >= 4 is 0 Å². The van der Waals surface area contributed by atoms with Crippen molar-refractivity contribution in [3.05, 3.63) is 0 Å². The van der Waals surface area contributed by atoms with Crippen LogP contribution < -0.4 is 5.32 Å². The molecule has 0 aromatic rings. The summed E-state index contributed by atoms with van der Waals surface area (Å²) >= 11 is 0. The first-order valence-electron chi connectivity index (χ1n) is 5.68. The van der Waals surface area contributed by atoms with Crippen LogP contribution in [-0.4, -0.2) is 24.8 Å². The van der Waals surface area contributed by atoms with Crippen LogP contribution >= 0.6 is 0 Å². The summed E-state index contributed by atoms with van der Waals surface area (Å²) < 4.78 is 6.06. The Morgan fingerprint density at radius 1 is 1.31 bits per heavy atom. The predicted octanol–water partition coefficient (Wildman–Crippen LogP) is 1.16. The van der Waals surface area contributed by atoms with Gasteiger partial charge in [0.1, 0.15) is 0 Å². The molecule has 2 saturated heterocycles. The summed E-state index contributed by atoms with van der Waals surface area (Å²) in [6.45, 7) is 0. The van der Waals surface area contributed by atoms with Crippen molar-refractivity contribution in [3.8, 4) is 0 Å². The summed E-state index contributed by atoms with van der Waals surface area (Å²) in [7, 11) is 2.12. The van der Waals surface area contributed by atoms with Crippen LogP contribution in [-0.2, 0) is 4.74 Å². The Morgan fingerprint density at radius 2 is 2.15 bits per heavy atom. The molecule has 2 aliphatic heterocycles. The number of nitrogens with one attached hydrogen (secondary N) is 1. The Bertz CT molecular complexity index is 257. The monoisotopic (exact) mass is 179 g/mol. The Labute approximate surface area is 79.0 Å². The molecule has 2 heteroatoms. The van der Waals surface area contributed by atoms with Crippen molar-refractivity contribution in [2.24, 2.45) is 17.8 Å². The lowest BCUT2D eigenvalue weighted by atomic mass is 9.75. The minimum atomic E-state index is 0.405. The molecular formula is C11H17NO. The molecule has 1 spiro atoms. The van der Waals surface area contributed by atoms with Gasteiger partial charge in [0.25, 0.3) is 0 Å². The van der Waals surface area contributed by atoms with Crippen LogP contribution in [0.1, 0.15) is 25.7 Å². The molecule has 2 nitrogen and oxygen atoms in total. The Kier molecular flexibility index (Phi) is 1.09. The third-order valence-electron chi connectivity index (χ3n) is 5.27. The maximum absolute atomic E-state index is 6.06. The molecule has 4 bridgehead atoms. The number of hydrogen-bond donors (Lipinski definition) is 1. The van der Waals surface area contributed by atoms with Gasteiger partial charge in [-0.15, -0.1) is 0 Å². The number of hydrogen-bond acceptors (Lipinski definition) is 2. The van der Waals surface area contributed by atoms with Crippen LogP contribution in [0.4, 0.5) is 0 Å². The van der Waals surface area contributed by atoms with Gasteiger partial charge in [-0.05, 0) is 44.1 Å². The van der Waals surface area contributed by atoms with E-state index in [0.717, 1.165) is 23.8 Å². The maximum atomic E-state index is 6.06. The average Bonchev–Trinajstić information content (AvgIpc) is 2.75. The lowest BCUT2D eigenvalue weighted by Crippen LogP contribution is -2.52. The molecule has 5 fully saturated rings. The molecule has 6 atom stereocenters. The topological polar surface area (TPSA) is 21.3 Å². The van der Waals surface area contributed by atoms with Crippen molar-refractivity contribution in [3.63, 3.8) is 0 Å². The first-order valence-corrected chi connectivity index (χ1v) is 5.68. The fourth-order valence-corrected chi connectivity index (χ4v) is 4.86. The molecule has 6 unspecified atom stereocenters. The normalized spacial score (nSPS) is 66.7. The van der Waals surface area contributed by atoms with Crippen molar-refractivity contribution in [1.29, 1.82) is 0 Å². The van der Waals surface area contributed by atoms with Gasteiger partial charge in [0.05, 0.1) is 11.7 Å². The zero-order valence-electron chi connectivity index (χ0n) is 8.12. The first-order chi connectivity index (χ1) is 6.33. The molecule has 1 N–H and O–H groups in total. The van der Waals surface area contributed by atoms with Gasteiger partial charge in [0.15, 0.2) is 0 Å². The number of fused-ring (bicyclic) bond motifs is 2. The fraction of sp³-hybridized carbons (Fsp3) is 1.00. The standard InChI is InChI=1S/C11H17NO/c1-12-10-3-6-2-8(10)9-4-7-5-11(6,9)13-7/h6-10,12H,2-5H2,1H3. The van der Waals surface area contributed by atoms with Crippen molar-refractivity contribution < 1.29 is 4.74 Å². The van der Waals surface area contributed by atoms with Crippen LogP contribution in [0.5, 0.6) is 0 Å². The molecule has 0 radical (unpaired) electrons. The molecule has 2 heterocycles. The maximum Gasteiger partial charge on any atom is 0.0771 e. The second kappa shape index (κ2) is 1.96. The highest BCUT2D eigenvalue weighted by Gasteiger charge is 2.71. The second-order valence-corrected chi connectivity index (χ2v) is 5.47. The average molecular weight is 179 g/mol. The summed E-state index contributed by atoms with van der Waals surface area (Å²) in [6, 6.07) is 0.809. The van der Waals surface area contributed by atoms with Gasteiger partial charge in [0, 0.05) is 12.5 Å². The third kappa shape index (κ3) is 0.608. The first kappa shape index (κ1) is 7.24. The molecule has 5 rings (SSSR count). The van der Waals surface area contributed by atoms with Crippen LogP contribution in [0.25, 0.3) is 0 Å². The zero-order valence-corrected chi connectivity index (χ0v) is 8.12. The summed E-state index contributed by atoms with van der Waals surface area (Å²) in [5, 5.41) is 3.49. The van der Waals surface area contributed by atoms with Crippen LogP contribution in [0.2, 0.25) is 0 Å². The number of rotatable bonds is 1. The Balaban J connectivity index is 1.73. The molecule has 13 heavy (non-hydrogen) atoms. The van der Waals surface area contributed by atoms with Gasteiger partial charge >= 0.3 is 0 Å². The van der Waals surface area contributed by atoms with Gasteiger partial charge in [-0.3, -0.25) is 0 Å². The molecule has 72 valence electrons. The molecule has 0 amide bonds. The van der Waals surface area contributed by atoms with Crippen LogP contribution in [0.15, 0.2) is 0 Å². The van der Waals surface area contributed by atoms with E-state index in [0.29, 0.717) is 11.7 Å². The minimum Gasteiger partial charge on any atom is -0.371 e. The third-order valence-corrected chi connectivity index (χ3v) is 5.27. The summed E-state index contributed by atoms with van der Waals surface area (Å²) in [5.41, 5.74) is 0.405. The summed E-state index contributed by atoms with van der Waals surface area (Å²) in [4.78, 5) is 0. The predicted molar refractivity (Wildman–Crippen MR) is 49.4 cm³/mol. The summed E-state index contributed by atoms with van der Waals surface area (Å²) in [6.07, 6.45) is 6.26. The van der Waals surface area contributed by atoms with Gasteiger partial charge < -0.3 is 10.1 Å². The lowest BCUT2D eigenvalue weighted by Gasteiger charge is -2.46. The Morgan fingerprint density at radius 3 is 2.92 bits per heavy atom. The van der Waals surface area contributed by atoms with E-state index in [4.69, 9.17) is 4.74 Å². The van der Waals surface area contributed by atoms with E-state index in [9.17, 15) is 0 Å². The van der Waals surface area contributed by atoms with E-state index in [2.05, 4.69) is 12.4 Å². The second-order valence-electron chi connectivity index (χ2n) is 5.47. The minimum absolute atomic E-state index is 0.405. The quantitative estimate of drug-likeness (QED) is 0.652. The molecule has 0 aromatic carbocycles. The van der Waals surface area contributed by atoms with E-state index in [1.165, 1.54) is 25.7 Å². The van der Waals surface area contributed by atoms with Gasteiger partial charge in [0.2, 0.25) is 0 Å². The SMILES string of the molecule is CNC1CC2CC1C1CC3CC21O3. The largest absolute Gasteiger partial charge is 0.371 e. The molecule has 3 saturated carbocycles. The van der Waals surface area contributed by atoms with Gasteiger partial charge in [-0.25, -0.2) is 0 Å². The molecule has 3 aliphatic carbocycles. The summed E-state index contributed by atoms with van der Waals surface area (Å²) in [5.74, 6) is 2.77. The highest BCUT2D eigenvalue weighted by molar-refractivity contribution is 5.21. The fourth-order valence-electron chi connectivity index (χ4n) is 4.86. The highest BCUT2D eigenvalue weighted by Crippen LogP contribution is 2.69. The lowest BCUT2D eigenvalue weighted by molar-refractivity contribution is -0.189. The van der Waals surface area contributed by atoms with Crippen LogP contribution in [0.3, 0.4) is 0 Å².